The highest BCUT2D eigenvalue weighted by Crippen LogP contribution is 2.20. The van der Waals surface area contributed by atoms with E-state index in [1.807, 2.05) is 18.3 Å². The summed E-state index contributed by atoms with van der Waals surface area (Å²) in [5.41, 5.74) is 0.879. The van der Waals surface area contributed by atoms with Crippen LogP contribution in [0.4, 0.5) is 0 Å². The number of hydrogen-bond donors (Lipinski definition) is 0. The second-order valence-corrected chi connectivity index (χ2v) is 4.60. The zero-order valence-electron chi connectivity index (χ0n) is 10.6. The van der Waals surface area contributed by atoms with Gasteiger partial charge in [-0.05, 0) is 30.5 Å². The largest absolute Gasteiger partial charge is 0.466 e. The van der Waals surface area contributed by atoms with Gasteiger partial charge in [0.05, 0.1) is 13.2 Å². The Bertz CT molecular complexity index is 618. The van der Waals surface area contributed by atoms with Crippen molar-refractivity contribution >= 4 is 34.3 Å². The molecular weight excluding hydrogens is 266 g/mol. The Labute approximate surface area is 115 Å². The van der Waals surface area contributed by atoms with Gasteiger partial charge in [0.2, 0.25) is 0 Å². The lowest BCUT2D eigenvalue weighted by molar-refractivity contribution is -0.145. The minimum absolute atomic E-state index is 0.142. The molecule has 5 heteroatoms. The van der Waals surface area contributed by atoms with E-state index in [4.69, 9.17) is 16.3 Å². The van der Waals surface area contributed by atoms with Crippen LogP contribution in [0.15, 0.2) is 30.5 Å². The molecule has 0 saturated heterocycles. The van der Waals surface area contributed by atoms with Gasteiger partial charge in [0.25, 0.3) is 0 Å². The second kappa shape index (κ2) is 5.89. The Morgan fingerprint density at radius 1 is 1.32 bits per heavy atom. The van der Waals surface area contributed by atoms with Crippen LogP contribution >= 0.6 is 11.6 Å². The van der Waals surface area contributed by atoms with Gasteiger partial charge in [0, 0.05) is 16.7 Å². The molecule has 1 aromatic carbocycles. The quantitative estimate of drug-likeness (QED) is 0.625. The number of esters is 1. The smallest absolute Gasteiger partial charge is 0.313 e. The maximum absolute atomic E-state index is 11.8. The molecule has 100 valence electrons. The van der Waals surface area contributed by atoms with Crippen LogP contribution in [0, 0.1) is 0 Å². The lowest BCUT2D eigenvalue weighted by atomic mass is 10.2. The molecule has 2 aromatic rings. The number of carbonyl (C=O) groups excluding carboxylic acids is 2. The van der Waals surface area contributed by atoms with E-state index in [0.717, 1.165) is 10.9 Å². The van der Waals surface area contributed by atoms with Crippen molar-refractivity contribution in [1.82, 2.24) is 4.57 Å². The van der Waals surface area contributed by atoms with E-state index < -0.39 is 5.97 Å². The molecule has 1 aromatic heterocycles. The van der Waals surface area contributed by atoms with Crippen LogP contribution in [0.1, 0.15) is 13.3 Å². The average Bonchev–Trinajstić information content (AvgIpc) is 2.72. The minimum Gasteiger partial charge on any atom is -0.466 e. The minimum atomic E-state index is -0.484. The van der Waals surface area contributed by atoms with Gasteiger partial charge in [-0.2, -0.15) is 0 Å². The van der Waals surface area contributed by atoms with Crippen molar-refractivity contribution in [3.63, 3.8) is 0 Å². The molecule has 4 nitrogen and oxygen atoms in total. The Morgan fingerprint density at radius 2 is 2.11 bits per heavy atom. The van der Waals surface area contributed by atoms with E-state index in [1.165, 1.54) is 0 Å². The Morgan fingerprint density at radius 3 is 2.84 bits per heavy atom. The molecule has 0 aliphatic rings. The third-order valence-corrected chi connectivity index (χ3v) is 2.96. The maximum Gasteiger partial charge on any atom is 0.313 e. The lowest BCUT2D eigenvalue weighted by Crippen LogP contribution is -2.15. The molecule has 19 heavy (non-hydrogen) atoms. The van der Waals surface area contributed by atoms with E-state index in [1.54, 1.807) is 23.6 Å². The summed E-state index contributed by atoms with van der Waals surface area (Å²) < 4.78 is 6.53. The number of benzene rings is 1. The molecule has 0 fully saturated rings. The first-order valence-corrected chi connectivity index (χ1v) is 6.39. The number of rotatable bonds is 5. The Balaban J connectivity index is 2.11. The van der Waals surface area contributed by atoms with Gasteiger partial charge in [-0.3, -0.25) is 9.59 Å². The third kappa shape index (κ3) is 3.35. The normalized spacial score (nSPS) is 10.6. The molecule has 2 rings (SSSR count). The SMILES string of the molecule is CCOC(=O)CC(=O)Cn1ccc2ccc(Cl)cc21. The number of Topliss-reactive ketones (excluding diaryl/α,β-unsaturated/α-hetero) is 1. The molecule has 0 bridgehead atoms. The van der Waals surface area contributed by atoms with Crippen molar-refractivity contribution in [3.05, 3.63) is 35.5 Å². The van der Waals surface area contributed by atoms with E-state index >= 15 is 0 Å². The van der Waals surface area contributed by atoms with Crippen LogP contribution in [0.5, 0.6) is 0 Å². The van der Waals surface area contributed by atoms with Crippen LogP contribution in [0.3, 0.4) is 0 Å². The second-order valence-electron chi connectivity index (χ2n) is 4.17. The number of ketones is 1. The van der Waals surface area contributed by atoms with Crippen LogP contribution in [-0.4, -0.2) is 22.9 Å². The molecule has 1 heterocycles. The number of ether oxygens (including phenoxy) is 1. The number of aromatic nitrogens is 1. The molecular formula is C14H14ClNO3. The summed E-state index contributed by atoms with van der Waals surface area (Å²) in [4.78, 5) is 23.0. The van der Waals surface area contributed by atoms with Crippen LogP contribution in [-0.2, 0) is 20.9 Å². The van der Waals surface area contributed by atoms with Crippen molar-refractivity contribution in [2.24, 2.45) is 0 Å². The van der Waals surface area contributed by atoms with Crippen LogP contribution in [0.25, 0.3) is 10.9 Å². The topological polar surface area (TPSA) is 48.3 Å². The molecule has 0 spiro atoms. The van der Waals surface area contributed by atoms with Gasteiger partial charge >= 0.3 is 5.97 Å². The van der Waals surface area contributed by atoms with Gasteiger partial charge < -0.3 is 9.30 Å². The molecule has 0 unspecified atom stereocenters. The van der Waals surface area contributed by atoms with Crippen molar-refractivity contribution < 1.29 is 14.3 Å². The van der Waals surface area contributed by atoms with Crippen molar-refractivity contribution in [3.8, 4) is 0 Å². The number of halogens is 1. The van der Waals surface area contributed by atoms with Gasteiger partial charge in [-0.1, -0.05) is 17.7 Å². The maximum atomic E-state index is 11.8. The highest BCUT2D eigenvalue weighted by molar-refractivity contribution is 6.31. The zero-order valence-corrected chi connectivity index (χ0v) is 11.3. The first-order chi connectivity index (χ1) is 9.10. The van der Waals surface area contributed by atoms with E-state index in [0.29, 0.717) is 5.02 Å². The highest BCUT2D eigenvalue weighted by atomic mass is 35.5. The molecule has 0 saturated carbocycles. The average molecular weight is 280 g/mol. The molecule has 0 aliphatic carbocycles. The molecule has 0 amide bonds. The summed E-state index contributed by atoms with van der Waals surface area (Å²) in [6.45, 7) is 2.14. The number of nitrogens with zero attached hydrogens (tertiary/aromatic N) is 1. The fourth-order valence-electron chi connectivity index (χ4n) is 1.91. The number of fused-ring (bicyclic) bond motifs is 1. The first-order valence-electron chi connectivity index (χ1n) is 6.02. The number of hydrogen-bond acceptors (Lipinski definition) is 3. The predicted octanol–water partition coefficient (Wildman–Crippen LogP) is 2.82. The van der Waals surface area contributed by atoms with Crippen LogP contribution in [0.2, 0.25) is 5.02 Å². The van der Waals surface area contributed by atoms with Crippen LogP contribution < -0.4 is 0 Å². The summed E-state index contributed by atoms with van der Waals surface area (Å²) in [5.74, 6) is -0.669. The summed E-state index contributed by atoms with van der Waals surface area (Å²) >= 11 is 5.94. The first kappa shape index (κ1) is 13.6. The van der Waals surface area contributed by atoms with Gasteiger partial charge in [0.15, 0.2) is 5.78 Å². The van der Waals surface area contributed by atoms with Gasteiger partial charge in [-0.15, -0.1) is 0 Å². The Hall–Kier alpha value is -1.81. The van der Waals surface area contributed by atoms with Gasteiger partial charge in [0.1, 0.15) is 6.42 Å². The standard InChI is InChI=1S/C14H14ClNO3/c1-2-19-14(18)8-12(17)9-16-6-5-10-3-4-11(15)7-13(10)16/h3-7H,2,8-9H2,1H3. The molecule has 0 N–H and O–H groups in total. The third-order valence-electron chi connectivity index (χ3n) is 2.73. The fraction of sp³-hybridized carbons (Fsp3) is 0.286. The van der Waals surface area contributed by atoms with Crippen molar-refractivity contribution in [2.45, 2.75) is 19.9 Å². The Kier molecular flexibility index (Phi) is 4.22. The van der Waals surface area contributed by atoms with E-state index in [-0.39, 0.29) is 25.4 Å². The summed E-state index contributed by atoms with van der Waals surface area (Å²) in [7, 11) is 0. The van der Waals surface area contributed by atoms with Gasteiger partial charge in [-0.25, -0.2) is 0 Å². The molecule has 0 atom stereocenters. The fourth-order valence-corrected chi connectivity index (χ4v) is 2.08. The van der Waals surface area contributed by atoms with Crippen molar-refractivity contribution in [1.29, 1.82) is 0 Å². The molecule has 0 aliphatic heterocycles. The zero-order chi connectivity index (χ0) is 13.8. The predicted molar refractivity (Wildman–Crippen MR) is 73.2 cm³/mol. The summed E-state index contributed by atoms with van der Waals surface area (Å²) in [6, 6.07) is 7.40. The summed E-state index contributed by atoms with van der Waals surface area (Å²) in [5, 5.41) is 1.62. The summed E-state index contributed by atoms with van der Waals surface area (Å²) in [6.07, 6.45) is 1.61. The van der Waals surface area contributed by atoms with E-state index in [9.17, 15) is 9.59 Å². The molecule has 0 radical (unpaired) electrons. The van der Waals surface area contributed by atoms with Crippen molar-refractivity contribution in [2.75, 3.05) is 6.61 Å². The monoisotopic (exact) mass is 279 g/mol. The lowest BCUT2D eigenvalue weighted by Gasteiger charge is -2.05. The van der Waals surface area contributed by atoms with E-state index in [2.05, 4.69) is 0 Å². The highest BCUT2D eigenvalue weighted by Gasteiger charge is 2.12. The number of carbonyl (C=O) groups is 2.